The number of carbonyl (C=O) groups is 1. The van der Waals surface area contributed by atoms with Crippen molar-refractivity contribution in [1.82, 2.24) is 0 Å². The summed E-state index contributed by atoms with van der Waals surface area (Å²) in [5.74, 6) is -0.572. The van der Waals surface area contributed by atoms with Gasteiger partial charge in [0, 0.05) is 62.3 Å². The lowest BCUT2D eigenvalue weighted by Gasteiger charge is -2.40. The van der Waals surface area contributed by atoms with Gasteiger partial charge in [-0.2, -0.15) is 0 Å². The molecule has 0 unspecified atom stereocenters. The van der Waals surface area contributed by atoms with Crippen molar-refractivity contribution in [2.24, 2.45) is 0 Å². The molecule has 0 amide bonds. The fourth-order valence-electron chi connectivity index (χ4n) is 8.43. The number of fused-ring (bicyclic) bond motifs is 5. The number of ketones is 1. The molecular formula is C35H32N2O7. The first-order valence-electron chi connectivity index (χ1n) is 15.0. The van der Waals surface area contributed by atoms with Crippen LogP contribution in [0.25, 0.3) is 49.2 Å². The third-order valence-corrected chi connectivity index (χ3v) is 10.1. The van der Waals surface area contributed by atoms with E-state index in [1.807, 2.05) is 13.0 Å². The van der Waals surface area contributed by atoms with Crippen LogP contribution in [-0.4, -0.2) is 44.3 Å². The van der Waals surface area contributed by atoms with Crippen LogP contribution in [0.5, 0.6) is 23.0 Å². The standard InChI is InChI=1S/C35H32N2O7/c1-13-10-15-23-28-24(33-32(15)36-16-8-6-7-9-17(16)37-33)18(39)11-20(42-3)26(28)27-21(43-4)12-19(40)25-30(27)29(23)31(22(13)14(2)38)35(44-5)34(25)41/h10-12,16-17,22,36-37,41H,6-9H2,1-5H3/t16-,17-,22+/m0/s1. The zero-order chi connectivity index (χ0) is 30.8. The van der Waals surface area contributed by atoms with Crippen LogP contribution in [0.2, 0.25) is 0 Å². The van der Waals surface area contributed by atoms with E-state index in [1.54, 1.807) is 0 Å². The van der Waals surface area contributed by atoms with E-state index >= 15 is 0 Å². The monoisotopic (exact) mass is 592 g/mol. The molecule has 0 spiro atoms. The highest BCUT2D eigenvalue weighted by molar-refractivity contribution is 6.40. The quantitative estimate of drug-likeness (QED) is 0.174. The van der Waals surface area contributed by atoms with E-state index in [4.69, 9.17) is 14.2 Å². The Kier molecular flexibility index (Phi) is 5.55. The molecule has 2 aliphatic carbocycles. The first-order valence-corrected chi connectivity index (χ1v) is 15.0. The molecule has 3 aliphatic rings. The number of ether oxygens (including phenoxy) is 3. The highest BCUT2D eigenvalue weighted by Crippen LogP contribution is 2.58. The number of phenols is 1. The summed E-state index contributed by atoms with van der Waals surface area (Å²) in [6.45, 7) is 3.42. The third-order valence-electron chi connectivity index (χ3n) is 10.1. The molecule has 0 aromatic heterocycles. The first-order chi connectivity index (χ1) is 21.2. The molecule has 0 bridgehead atoms. The Morgan fingerprint density at radius 1 is 0.773 bits per heavy atom. The van der Waals surface area contributed by atoms with E-state index in [0.717, 1.165) is 48.2 Å². The summed E-state index contributed by atoms with van der Waals surface area (Å²) in [6, 6.07) is 3.16. The van der Waals surface area contributed by atoms with Crippen molar-refractivity contribution in [3.05, 3.63) is 49.3 Å². The topological polar surface area (TPSA) is 123 Å². The highest BCUT2D eigenvalue weighted by Gasteiger charge is 2.39. The molecule has 224 valence electrons. The Morgan fingerprint density at radius 2 is 1.34 bits per heavy atom. The number of anilines is 2. The molecular weight excluding hydrogens is 560 g/mol. The summed E-state index contributed by atoms with van der Waals surface area (Å²) < 4.78 is 17.5. The number of allylic oxidation sites excluding steroid dienone is 1. The van der Waals surface area contributed by atoms with E-state index in [1.165, 1.54) is 40.4 Å². The minimum Gasteiger partial charge on any atom is -0.504 e. The maximum atomic E-state index is 14.1. The van der Waals surface area contributed by atoms with Crippen LogP contribution in [-0.2, 0) is 4.79 Å². The van der Waals surface area contributed by atoms with E-state index in [2.05, 4.69) is 10.6 Å². The summed E-state index contributed by atoms with van der Waals surface area (Å²) in [5.41, 5.74) is 2.91. The summed E-state index contributed by atoms with van der Waals surface area (Å²) in [6.07, 6.45) is 6.19. The molecule has 1 aliphatic heterocycles. The molecule has 3 atom stereocenters. The number of methoxy groups -OCH3 is 3. The lowest BCUT2D eigenvalue weighted by molar-refractivity contribution is -0.117. The lowest BCUT2D eigenvalue weighted by Crippen LogP contribution is -2.45. The first kappa shape index (κ1) is 26.8. The molecule has 0 radical (unpaired) electrons. The van der Waals surface area contributed by atoms with Crippen molar-refractivity contribution in [3.63, 3.8) is 0 Å². The van der Waals surface area contributed by atoms with Gasteiger partial charge in [-0.05, 0) is 32.1 Å². The molecule has 5 aromatic carbocycles. The second kappa shape index (κ2) is 9.11. The van der Waals surface area contributed by atoms with E-state index in [-0.39, 0.29) is 45.9 Å². The van der Waals surface area contributed by atoms with E-state index in [0.29, 0.717) is 49.0 Å². The fourth-order valence-corrected chi connectivity index (χ4v) is 8.43. The van der Waals surface area contributed by atoms with Gasteiger partial charge in [-0.15, -0.1) is 0 Å². The minimum absolute atomic E-state index is 0.0624. The van der Waals surface area contributed by atoms with Crippen LogP contribution in [0.4, 0.5) is 11.4 Å². The smallest absolute Gasteiger partial charge is 0.194 e. The molecule has 0 saturated heterocycles. The Balaban J connectivity index is 1.78. The lowest BCUT2D eigenvalue weighted by atomic mass is 9.80. The van der Waals surface area contributed by atoms with Crippen LogP contribution < -0.4 is 35.7 Å². The van der Waals surface area contributed by atoms with Gasteiger partial charge in [0.25, 0.3) is 0 Å². The van der Waals surface area contributed by atoms with Gasteiger partial charge in [0.1, 0.15) is 17.3 Å². The fraction of sp³-hybridized carbons (Fsp3) is 0.343. The van der Waals surface area contributed by atoms with Gasteiger partial charge in [0.2, 0.25) is 0 Å². The summed E-state index contributed by atoms with van der Waals surface area (Å²) in [5, 5.41) is 23.4. The Labute approximate surface area is 252 Å². The molecule has 9 nitrogen and oxygen atoms in total. The number of carbonyl (C=O) groups excluding carboxylic acids is 1. The third kappa shape index (κ3) is 3.16. The Hall–Kier alpha value is -4.79. The number of phenolic OH excluding ortho intramolecular Hbond substituents is 1. The van der Waals surface area contributed by atoms with Crippen LogP contribution in [0, 0.1) is 0 Å². The van der Waals surface area contributed by atoms with Crippen LogP contribution in [0.1, 0.15) is 56.6 Å². The summed E-state index contributed by atoms with van der Waals surface area (Å²) in [4.78, 5) is 41.4. The zero-order valence-electron chi connectivity index (χ0n) is 25.2. The molecule has 44 heavy (non-hydrogen) atoms. The number of Topliss-reactive ketones (excluding diaryl/α,β-unsaturated/α-hetero) is 1. The Morgan fingerprint density at radius 3 is 1.91 bits per heavy atom. The average Bonchev–Trinajstić information content (AvgIpc) is 3.14. The summed E-state index contributed by atoms with van der Waals surface area (Å²) >= 11 is 0. The predicted octanol–water partition coefficient (Wildman–Crippen LogP) is 5.86. The second-order valence-electron chi connectivity index (χ2n) is 12.3. The van der Waals surface area contributed by atoms with Crippen molar-refractivity contribution in [3.8, 4) is 23.0 Å². The number of hydrogen-bond acceptors (Lipinski definition) is 9. The molecule has 1 saturated carbocycles. The molecule has 5 aromatic rings. The molecule has 9 heteroatoms. The maximum Gasteiger partial charge on any atom is 0.194 e. The number of nitrogens with one attached hydrogen (secondary N) is 2. The van der Waals surface area contributed by atoms with Crippen molar-refractivity contribution in [1.29, 1.82) is 0 Å². The second-order valence-corrected chi connectivity index (χ2v) is 12.3. The van der Waals surface area contributed by atoms with Gasteiger partial charge >= 0.3 is 0 Å². The minimum atomic E-state index is -0.777. The Bertz CT molecular complexity index is 2260. The van der Waals surface area contributed by atoms with E-state index in [9.17, 15) is 19.5 Å². The normalized spacial score (nSPS) is 20.7. The van der Waals surface area contributed by atoms with Crippen molar-refractivity contribution < 1.29 is 24.1 Å². The number of hydrogen-bond donors (Lipinski definition) is 3. The largest absolute Gasteiger partial charge is 0.504 e. The SMILES string of the molecule is COc1c(O)c2c(=O)cc(OC)c3c4c(OC)cc(=O)c5c6c(c7c(c(c1[C@@H](C(C)=O)C(C)=C7)c23)c54)N[C@H]1CCCC[C@@H]1N6. The van der Waals surface area contributed by atoms with E-state index < -0.39 is 11.3 Å². The predicted molar refractivity (Wildman–Crippen MR) is 173 cm³/mol. The number of benzene rings is 5. The molecule has 1 fully saturated rings. The van der Waals surface area contributed by atoms with Gasteiger partial charge in [-0.25, -0.2) is 0 Å². The van der Waals surface area contributed by atoms with Crippen LogP contribution in [0.15, 0.2) is 27.3 Å². The average molecular weight is 593 g/mol. The van der Waals surface area contributed by atoms with Crippen molar-refractivity contribution >= 4 is 66.3 Å². The highest BCUT2D eigenvalue weighted by atomic mass is 16.5. The zero-order valence-corrected chi connectivity index (χ0v) is 25.2. The number of aromatic hydroxyl groups is 1. The van der Waals surface area contributed by atoms with Gasteiger partial charge in [-0.1, -0.05) is 24.5 Å². The van der Waals surface area contributed by atoms with Gasteiger partial charge in [0.05, 0.1) is 49.4 Å². The van der Waals surface area contributed by atoms with Gasteiger partial charge < -0.3 is 30.0 Å². The van der Waals surface area contributed by atoms with Crippen LogP contribution >= 0.6 is 0 Å². The molecule has 3 N–H and O–H groups in total. The van der Waals surface area contributed by atoms with Gasteiger partial charge in [0.15, 0.2) is 22.4 Å². The molecule has 1 heterocycles. The maximum absolute atomic E-state index is 14.1. The summed E-state index contributed by atoms with van der Waals surface area (Å²) in [7, 11) is 4.42. The van der Waals surface area contributed by atoms with Crippen molar-refractivity contribution in [2.75, 3.05) is 32.0 Å². The molecule has 8 rings (SSSR count). The number of rotatable bonds is 4. The van der Waals surface area contributed by atoms with Crippen molar-refractivity contribution in [2.45, 2.75) is 57.5 Å². The van der Waals surface area contributed by atoms with Crippen LogP contribution in [0.3, 0.4) is 0 Å². The van der Waals surface area contributed by atoms with Gasteiger partial charge in [-0.3, -0.25) is 14.4 Å².